The number of hydrogen-bond acceptors (Lipinski definition) is 6. The van der Waals surface area contributed by atoms with Gasteiger partial charge in [-0.15, -0.1) is 0 Å². The van der Waals surface area contributed by atoms with Gasteiger partial charge < -0.3 is 4.42 Å². The summed E-state index contributed by atoms with van der Waals surface area (Å²) in [5, 5.41) is 2.02. The Balaban J connectivity index is 1.37. The van der Waals surface area contributed by atoms with Crippen molar-refractivity contribution in [3.8, 4) is 45.7 Å². The number of oxazole rings is 1. The third kappa shape index (κ3) is 3.90. The molecule has 3 heterocycles. The summed E-state index contributed by atoms with van der Waals surface area (Å²) in [5.74, 6) is 2.39. The van der Waals surface area contributed by atoms with Crippen LogP contribution in [0.15, 0.2) is 120 Å². The van der Waals surface area contributed by atoms with Crippen molar-refractivity contribution in [1.82, 2.24) is 24.9 Å². The molecule has 6 heteroatoms. The van der Waals surface area contributed by atoms with Crippen LogP contribution in [0.2, 0.25) is 0 Å². The number of fused-ring (bicyclic) bond motifs is 3. The number of hydrogen-bond donors (Lipinski definition) is 0. The Kier molecular flexibility index (Phi) is 5.00. The second-order valence-corrected chi connectivity index (χ2v) is 8.62. The summed E-state index contributed by atoms with van der Waals surface area (Å²) in [6, 6.07) is 35.8. The van der Waals surface area contributed by atoms with Crippen LogP contribution in [-0.2, 0) is 0 Å². The second kappa shape index (κ2) is 8.77. The highest BCUT2D eigenvalue weighted by molar-refractivity contribution is 6.05. The molecule has 0 aliphatic carbocycles. The Morgan fingerprint density at radius 3 is 1.81 bits per heavy atom. The van der Waals surface area contributed by atoms with E-state index in [0.29, 0.717) is 29.1 Å². The van der Waals surface area contributed by atoms with Crippen molar-refractivity contribution in [3.05, 3.63) is 115 Å². The van der Waals surface area contributed by atoms with Gasteiger partial charge in [-0.1, -0.05) is 84.9 Å². The van der Waals surface area contributed by atoms with E-state index in [0.717, 1.165) is 38.6 Å². The van der Waals surface area contributed by atoms with Gasteiger partial charge in [0.05, 0.1) is 0 Å². The van der Waals surface area contributed by atoms with Crippen molar-refractivity contribution < 1.29 is 4.42 Å². The van der Waals surface area contributed by atoms with E-state index in [9.17, 15) is 0 Å². The van der Waals surface area contributed by atoms with Gasteiger partial charge in [0.2, 0.25) is 5.89 Å². The molecule has 0 unspecified atom stereocenters. The van der Waals surface area contributed by atoms with E-state index in [1.54, 1.807) is 6.20 Å². The highest BCUT2D eigenvalue weighted by Gasteiger charge is 2.15. The largest absolute Gasteiger partial charge is 0.435 e. The molecular formula is C31H19N5O. The van der Waals surface area contributed by atoms with E-state index in [1.165, 1.54) is 0 Å². The lowest BCUT2D eigenvalue weighted by Gasteiger charge is -2.09. The monoisotopic (exact) mass is 477 g/mol. The summed E-state index contributed by atoms with van der Waals surface area (Å²) in [6.07, 6.45) is 1.73. The lowest BCUT2D eigenvalue weighted by atomic mass is 10.1. The normalized spacial score (nSPS) is 11.2. The van der Waals surface area contributed by atoms with Gasteiger partial charge in [-0.05, 0) is 29.7 Å². The zero-order chi connectivity index (χ0) is 24.6. The van der Waals surface area contributed by atoms with Crippen molar-refractivity contribution in [1.29, 1.82) is 0 Å². The van der Waals surface area contributed by atoms with E-state index in [-0.39, 0.29) is 0 Å². The van der Waals surface area contributed by atoms with E-state index < -0.39 is 0 Å². The van der Waals surface area contributed by atoms with Crippen LogP contribution in [0.3, 0.4) is 0 Å². The number of rotatable bonds is 4. The SMILES string of the molecule is c1ccc(-c2nc(-c3ccccc3)nc(-c3ccc4c(ccc5oc(-c6ccccn6)nc54)c3)n2)cc1. The predicted molar refractivity (Wildman–Crippen MR) is 144 cm³/mol. The van der Waals surface area contributed by atoms with Crippen LogP contribution in [-0.4, -0.2) is 24.9 Å². The first-order valence-electron chi connectivity index (χ1n) is 11.9. The summed E-state index contributed by atoms with van der Waals surface area (Å²) >= 11 is 0. The first-order chi connectivity index (χ1) is 18.3. The van der Waals surface area contributed by atoms with Crippen LogP contribution >= 0.6 is 0 Å². The highest BCUT2D eigenvalue weighted by Crippen LogP contribution is 2.32. The molecule has 0 radical (unpaired) electrons. The second-order valence-electron chi connectivity index (χ2n) is 8.62. The molecule has 6 nitrogen and oxygen atoms in total. The van der Waals surface area contributed by atoms with Crippen molar-refractivity contribution in [2.45, 2.75) is 0 Å². The minimum absolute atomic E-state index is 0.504. The minimum atomic E-state index is 0.504. The number of pyridine rings is 1. The number of benzene rings is 4. The summed E-state index contributed by atoms with van der Waals surface area (Å²) in [4.78, 5) is 23.6. The van der Waals surface area contributed by atoms with Crippen LogP contribution in [0.5, 0.6) is 0 Å². The van der Waals surface area contributed by atoms with Gasteiger partial charge in [-0.3, -0.25) is 4.98 Å². The maximum atomic E-state index is 6.00. The van der Waals surface area contributed by atoms with Crippen LogP contribution < -0.4 is 0 Å². The Labute approximate surface area is 212 Å². The van der Waals surface area contributed by atoms with Crippen molar-refractivity contribution in [2.24, 2.45) is 0 Å². The Hall–Kier alpha value is -5.23. The van der Waals surface area contributed by atoms with Crippen molar-refractivity contribution >= 4 is 21.9 Å². The quantitative estimate of drug-likeness (QED) is 0.266. The van der Waals surface area contributed by atoms with Gasteiger partial charge in [0.25, 0.3) is 0 Å². The smallest absolute Gasteiger partial charge is 0.246 e. The molecule has 0 fully saturated rings. The Morgan fingerprint density at radius 1 is 0.514 bits per heavy atom. The van der Waals surface area contributed by atoms with E-state index in [1.807, 2.05) is 103 Å². The molecule has 37 heavy (non-hydrogen) atoms. The fraction of sp³-hybridized carbons (Fsp3) is 0. The molecule has 3 aromatic heterocycles. The molecule has 174 valence electrons. The molecule has 0 aliphatic heterocycles. The van der Waals surface area contributed by atoms with Gasteiger partial charge in [-0.25, -0.2) is 19.9 Å². The van der Waals surface area contributed by atoms with Crippen LogP contribution in [0, 0.1) is 0 Å². The molecule has 7 aromatic rings. The molecule has 0 amide bonds. The minimum Gasteiger partial charge on any atom is -0.435 e. The molecular weight excluding hydrogens is 458 g/mol. The van der Waals surface area contributed by atoms with E-state index >= 15 is 0 Å². The van der Waals surface area contributed by atoms with E-state index in [4.69, 9.17) is 24.4 Å². The first kappa shape index (κ1) is 21.1. The number of aromatic nitrogens is 5. The van der Waals surface area contributed by atoms with Gasteiger partial charge in [0.1, 0.15) is 11.2 Å². The summed E-state index contributed by atoms with van der Waals surface area (Å²) in [5.41, 5.74) is 5.01. The molecule has 0 atom stereocenters. The Bertz CT molecular complexity index is 1810. The molecule has 0 saturated heterocycles. The third-order valence-corrected chi connectivity index (χ3v) is 6.22. The summed E-state index contributed by atoms with van der Waals surface area (Å²) in [6.45, 7) is 0. The molecule has 0 aliphatic rings. The van der Waals surface area contributed by atoms with E-state index in [2.05, 4.69) is 11.1 Å². The van der Waals surface area contributed by atoms with Crippen LogP contribution in [0.25, 0.3) is 67.6 Å². The zero-order valence-electron chi connectivity index (χ0n) is 19.6. The molecule has 0 bridgehead atoms. The van der Waals surface area contributed by atoms with Gasteiger partial charge >= 0.3 is 0 Å². The molecule has 7 rings (SSSR count). The Morgan fingerprint density at radius 2 is 1.16 bits per heavy atom. The standard InChI is InChI=1S/C31H19N5O/c1-3-9-20(10-4-1)28-34-29(21-11-5-2-6-12-21)36-30(35-28)23-14-16-24-22(19-23)15-17-26-27(24)33-31(37-26)25-13-7-8-18-32-25/h1-19H. The average molecular weight is 478 g/mol. The van der Waals surface area contributed by atoms with Gasteiger partial charge in [-0.2, -0.15) is 0 Å². The summed E-state index contributed by atoms with van der Waals surface area (Å²) < 4.78 is 6.00. The molecule has 0 N–H and O–H groups in total. The lowest BCUT2D eigenvalue weighted by Crippen LogP contribution is -2.00. The van der Waals surface area contributed by atoms with Crippen LogP contribution in [0.1, 0.15) is 0 Å². The maximum Gasteiger partial charge on any atom is 0.246 e. The number of nitrogens with zero attached hydrogens (tertiary/aromatic N) is 5. The molecule has 0 spiro atoms. The van der Waals surface area contributed by atoms with Gasteiger partial charge in [0.15, 0.2) is 23.1 Å². The predicted octanol–water partition coefficient (Wildman–Crippen LogP) is 7.23. The molecule has 4 aromatic carbocycles. The summed E-state index contributed by atoms with van der Waals surface area (Å²) in [7, 11) is 0. The first-order valence-corrected chi connectivity index (χ1v) is 11.9. The fourth-order valence-corrected chi connectivity index (χ4v) is 4.40. The van der Waals surface area contributed by atoms with Gasteiger partial charge in [0, 0.05) is 28.3 Å². The van der Waals surface area contributed by atoms with Crippen LogP contribution in [0.4, 0.5) is 0 Å². The molecule has 0 saturated carbocycles. The third-order valence-electron chi connectivity index (χ3n) is 6.22. The average Bonchev–Trinajstić information content (AvgIpc) is 3.43. The lowest BCUT2D eigenvalue weighted by molar-refractivity contribution is 0.617. The zero-order valence-corrected chi connectivity index (χ0v) is 19.6. The van der Waals surface area contributed by atoms with Crippen molar-refractivity contribution in [2.75, 3.05) is 0 Å². The topological polar surface area (TPSA) is 77.6 Å². The maximum absolute atomic E-state index is 6.00. The fourth-order valence-electron chi connectivity index (χ4n) is 4.40. The van der Waals surface area contributed by atoms with Crippen molar-refractivity contribution in [3.63, 3.8) is 0 Å². The highest BCUT2D eigenvalue weighted by atomic mass is 16.3.